The standard InChI is InChI=1S/C24H43FN4O3/c1-5-29(17(3)30)13-7-12-28(4)19-9-6-8-18(14-19)26-24(31)22-15-20-21(25)11-10-16(2)23(20)32-27-22/h16,18-23,27H,5-15H2,1-4H3,(H,26,31). The van der Waals surface area contributed by atoms with Crippen LogP contribution >= 0.6 is 0 Å². The summed E-state index contributed by atoms with van der Waals surface area (Å²) in [7, 11) is 2.14. The Morgan fingerprint density at radius 2 is 1.94 bits per heavy atom. The molecule has 7 unspecified atom stereocenters. The van der Waals surface area contributed by atoms with E-state index in [4.69, 9.17) is 4.84 Å². The van der Waals surface area contributed by atoms with Crippen molar-refractivity contribution in [3.63, 3.8) is 0 Å². The second-order valence-corrected chi connectivity index (χ2v) is 10.2. The molecule has 0 aromatic heterocycles. The molecule has 3 rings (SSSR count). The van der Waals surface area contributed by atoms with Crippen molar-refractivity contribution >= 4 is 11.8 Å². The largest absolute Gasteiger partial charge is 0.352 e. The highest BCUT2D eigenvalue weighted by Crippen LogP contribution is 2.38. The first-order chi connectivity index (χ1) is 15.3. The number of amides is 2. The van der Waals surface area contributed by atoms with Crippen LogP contribution in [0.4, 0.5) is 4.39 Å². The van der Waals surface area contributed by atoms with Gasteiger partial charge in [-0.05, 0) is 77.8 Å². The maximum atomic E-state index is 14.5. The quantitative estimate of drug-likeness (QED) is 0.590. The highest BCUT2D eigenvalue weighted by Gasteiger charge is 2.45. The molecule has 3 aliphatic rings. The summed E-state index contributed by atoms with van der Waals surface area (Å²) in [5, 5.41) is 3.21. The lowest BCUT2D eigenvalue weighted by Crippen LogP contribution is -2.58. The molecule has 2 amide bonds. The minimum absolute atomic E-state index is 0.0674. The lowest BCUT2D eigenvalue weighted by molar-refractivity contribution is -0.172. The Morgan fingerprint density at radius 1 is 1.16 bits per heavy atom. The van der Waals surface area contributed by atoms with Crippen LogP contribution in [0, 0.1) is 11.8 Å². The molecular weight excluding hydrogens is 411 g/mol. The highest BCUT2D eigenvalue weighted by molar-refractivity contribution is 5.82. The SMILES string of the molecule is CCN(CCCN(C)C1CCCC(NC(=O)C2CC3C(F)CCC(C)C3ON2)C1)C(C)=O. The minimum atomic E-state index is -0.882. The molecule has 0 spiro atoms. The van der Waals surface area contributed by atoms with Gasteiger partial charge in [0.1, 0.15) is 12.2 Å². The first-order valence-corrected chi connectivity index (χ1v) is 12.6. The first kappa shape index (κ1) is 25.4. The van der Waals surface area contributed by atoms with Gasteiger partial charge in [0.25, 0.3) is 0 Å². The number of fused-ring (bicyclic) bond motifs is 1. The van der Waals surface area contributed by atoms with Crippen molar-refractivity contribution in [2.24, 2.45) is 11.8 Å². The molecule has 2 aliphatic carbocycles. The Balaban J connectivity index is 1.44. The Kier molecular flexibility index (Phi) is 9.32. The van der Waals surface area contributed by atoms with E-state index in [0.717, 1.165) is 58.2 Å². The summed E-state index contributed by atoms with van der Waals surface area (Å²) in [6, 6.07) is 0.0827. The number of carbonyl (C=O) groups is 2. The van der Waals surface area contributed by atoms with Crippen LogP contribution in [-0.2, 0) is 14.4 Å². The predicted octanol–water partition coefficient (Wildman–Crippen LogP) is 2.65. The zero-order chi connectivity index (χ0) is 23.3. The average Bonchev–Trinajstić information content (AvgIpc) is 2.78. The van der Waals surface area contributed by atoms with Gasteiger partial charge in [0.15, 0.2) is 0 Å². The number of alkyl halides is 1. The van der Waals surface area contributed by atoms with Gasteiger partial charge in [0.05, 0.1) is 6.10 Å². The molecule has 32 heavy (non-hydrogen) atoms. The number of halogens is 1. The van der Waals surface area contributed by atoms with E-state index in [1.165, 1.54) is 0 Å². The van der Waals surface area contributed by atoms with E-state index >= 15 is 0 Å². The molecule has 1 heterocycles. The predicted molar refractivity (Wildman–Crippen MR) is 123 cm³/mol. The number of nitrogens with zero attached hydrogens (tertiary/aromatic N) is 2. The molecule has 3 fully saturated rings. The number of hydrogen-bond donors (Lipinski definition) is 2. The van der Waals surface area contributed by atoms with Crippen molar-refractivity contribution < 1.29 is 18.8 Å². The van der Waals surface area contributed by atoms with Crippen LogP contribution in [0.3, 0.4) is 0 Å². The van der Waals surface area contributed by atoms with Crippen LogP contribution in [-0.4, -0.2) is 78.7 Å². The smallest absolute Gasteiger partial charge is 0.239 e. The fourth-order valence-corrected chi connectivity index (χ4v) is 5.78. The minimum Gasteiger partial charge on any atom is -0.352 e. The molecular formula is C24H43FN4O3. The van der Waals surface area contributed by atoms with Gasteiger partial charge in [-0.3, -0.25) is 14.4 Å². The van der Waals surface area contributed by atoms with Crippen LogP contribution in [0.2, 0.25) is 0 Å². The average molecular weight is 455 g/mol. The molecule has 0 radical (unpaired) electrons. The van der Waals surface area contributed by atoms with E-state index in [2.05, 4.69) is 29.7 Å². The fourth-order valence-electron chi connectivity index (χ4n) is 5.78. The van der Waals surface area contributed by atoms with Crippen LogP contribution in [0.1, 0.15) is 72.1 Å². The molecule has 2 saturated carbocycles. The summed E-state index contributed by atoms with van der Waals surface area (Å²) in [6.45, 7) is 8.20. The van der Waals surface area contributed by atoms with Crippen LogP contribution in [0.25, 0.3) is 0 Å². The molecule has 2 N–H and O–H groups in total. The first-order valence-electron chi connectivity index (χ1n) is 12.6. The molecule has 184 valence electrons. The third kappa shape index (κ3) is 6.41. The number of nitrogens with one attached hydrogen (secondary N) is 2. The highest BCUT2D eigenvalue weighted by atomic mass is 19.1. The summed E-state index contributed by atoms with van der Waals surface area (Å²) < 4.78 is 14.5. The van der Waals surface area contributed by atoms with Gasteiger partial charge in [-0.2, -0.15) is 5.48 Å². The molecule has 7 nitrogen and oxygen atoms in total. The fraction of sp³-hybridized carbons (Fsp3) is 0.917. The van der Waals surface area contributed by atoms with Crippen molar-refractivity contribution in [2.75, 3.05) is 26.7 Å². The zero-order valence-electron chi connectivity index (χ0n) is 20.3. The normalized spacial score (nSPS) is 35.2. The molecule has 0 aromatic carbocycles. The third-order valence-electron chi connectivity index (χ3n) is 7.90. The van der Waals surface area contributed by atoms with E-state index < -0.39 is 12.2 Å². The monoisotopic (exact) mass is 454 g/mol. The summed E-state index contributed by atoms with van der Waals surface area (Å²) in [5.74, 6) is 0.183. The maximum absolute atomic E-state index is 14.5. The van der Waals surface area contributed by atoms with Crippen molar-refractivity contribution in [3.05, 3.63) is 0 Å². The van der Waals surface area contributed by atoms with Crippen molar-refractivity contribution in [3.8, 4) is 0 Å². The van der Waals surface area contributed by atoms with Crippen molar-refractivity contribution in [2.45, 2.75) is 103 Å². The summed E-state index contributed by atoms with van der Waals surface area (Å²) in [4.78, 5) is 34.5. The third-order valence-corrected chi connectivity index (χ3v) is 7.90. The summed E-state index contributed by atoms with van der Waals surface area (Å²) in [5.41, 5.74) is 2.92. The van der Waals surface area contributed by atoms with Gasteiger partial charge in [0, 0.05) is 38.0 Å². The Bertz CT molecular complexity index is 636. The lowest BCUT2D eigenvalue weighted by Gasteiger charge is -2.44. The second kappa shape index (κ2) is 11.7. The number of carbonyl (C=O) groups excluding carboxylic acids is 2. The van der Waals surface area contributed by atoms with Crippen LogP contribution in [0.5, 0.6) is 0 Å². The molecule has 0 bridgehead atoms. The van der Waals surface area contributed by atoms with E-state index in [9.17, 15) is 14.0 Å². The van der Waals surface area contributed by atoms with Crippen LogP contribution in [0.15, 0.2) is 0 Å². The van der Waals surface area contributed by atoms with Gasteiger partial charge >= 0.3 is 0 Å². The summed E-state index contributed by atoms with van der Waals surface area (Å²) in [6.07, 6.45) is 5.95. The molecule has 0 aromatic rings. The molecule has 1 saturated heterocycles. The summed E-state index contributed by atoms with van der Waals surface area (Å²) >= 11 is 0. The number of hydroxylamine groups is 1. The van der Waals surface area contributed by atoms with Crippen LogP contribution < -0.4 is 10.8 Å². The van der Waals surface area contributed by atoms with Gasteiger partial charge in [-0.15, -0.1) is 0 Å². The second-order valence-electron chi connectivity index (χ2n) is 10.2. The molecule has 7 atom stereocenters. The van der Waals surface area contributed by atoms with Gasteiger partial charge in [-0.1, -0.05) is 6.92 Å². The van der Waals surface area contributed by atoms with E-state index in [0.29, 0.717) is 24.8 Å². The van der Waals surface area contributed by atoms with Gasteiger partial charge < -0.3 is 15.1 Å². The van der Waals surface area contributed by atoms with Crippen molar-refractivity contribution in [1.82, 2.24) is 20.6 Å². The van der Waals surface area contributed by atoms with Crippen molar-refractivity contribution in [1.29, 1.82) is 0 Å². The zero-order valence-corrected chi connectivity index (χ0v) is 20.3. The van der Waals surface area contributed by atoms with E-state index in [1.54, 1.807) is 6.92 Å². The molecule has 8 heteroatoms. The Hall–Kier alpha value is -1.25. The van der Waals surface area contributed by atoms with Gasteiger partial charge in [-0.25, -0.2) is 4.39 Å². The number of hydrogen-bond acceptors (Lipinski definition) is 5. The van der Waals surface area contributed by atoms with E-state index in [-0.39, 0.29) is 29.9 Å². The van der Waals surface area contributed by atoms with E-state index in [1.807, 2.05) is 11.8 Å². The lowest BCUT2D eigenvalue weighted by atomic mass is 9.75. The Labute approximate surface area is 192 Å². The Morgan fingerprint density at radius 3 is 2.66 bits per heavy atom. The number of rotatable bonds is 8. The maximum Gasteiger partial charge on any atom is 0.239 e. The topological polar surface area (TPSA) is 73.9 Å². The van der Waals surface area contributed by atoms with Gasteiger partial charge in [0.2, 0.25) is 11.8 Å². The molecule has 1 aliphatic heterocycles.